The van der Waals surface area contributed by atoms with E-state index in [1.165, 1.54) is 0 Å². The second kappa shape index (κ2) is 3.29. The van der Waals surface area contributed by atoms with Gasteiger partial charge < -0.3 is 10.5 Å². The van der Waals surface area contributed by atoms with Gasteiger partial charge in [0.1, 0.15) is 6.10 Å². The Hall–Kier alpha value is -0.730. The maximum atomic E-state index is 9.95. The Kier molecular flexibility index (Phi) is 2.99. The number of nitrogens with two attached hydrogens (primary N) is 1. The SMILES string of the molecule is C[CH]C(C)OC(N)=O. The quantitative estimate of drug-likeness (QED) is 0.577. The molecule has 1 atom stereocenters. The molecule has 0 bridgehead atoms. The molecule has 0 aromatic heterocycles. The zero-order chi connectivity index (χ0) is 6.57. The highest BCUT2D eigenvalue weighted by atomic mass is 16.6. The summed E-state index contributed by atoms with van der Waals surface area (Å²) >= 11 is 0. The van der Waals surface area contributed by atoms with Crippen molar-refractivity contribution in [3.8, 4) is 0 Å². The highest BCUT2D eigenvalue weighted by Crippen LogP contribution is 1.92. The van der Waals surface area contributed by atoms with Gasteiger partial charge in [-0.25, -0.2) is 4.79 Å². The van der Waals surface area contributed by atoms with Crippen LogP contribution in [-0.2, 0) is 4.74 Å². The summed E-state index contributed by atoms with van der Waals surface area (Å²) in [6, 6.07) is 0. The topological polar surface area (TPSA) is 52.3 Å². The Morgan fingerprint density at radius 1 is 1.88 bits per heavy atom. The number of ether oxygens (including phenoxy) is 1. The molecule has 3 nitrogen and oxygen atoms in total. The smallest absolute Gasteiger partial charge is 0.404 e. The molecule has 0 saturated carbocycles. The van der Waals surface area contributed by atoms with Gasteiger partial charge in [-0.2, -0.15) is 0 Å². The number of carbonyl (C=O) groups excluding carboxylic acids is 1. The van der Waals surface area contributed by atoms with Crippen molar-refractivity contribution in [2.24, 2.45) is 5.73 Å². The highest BCUT2D eigenvalue weighted by molar-refractivity contribution is 5.64. The van der Waals surface area contributed by atoms with E-state index in [1.807, 2.05) is 0 Å². The molecule has 0 fully saturated rings. The fourth-order valence-electron chi connectivity index (χ4n) is 0.251. The molecular formula is C5H10NO2. The summed E-state index contributed by atoms with van der Waals surface area (Å²) in [6.07, 6.45) is 0.841. The largest absolute Gasteiger partial charge is 0.446 e. The van der Waals surface area contributed by atoms with Crippen molar-refractivity contribution in [1.82, 2.24) is 0 Å². The second-order valence-electron chi connectivity index (χ2n) is 1.48. The van der Waals surface area contributed by atoms with Crippen molar-refractivity contribution in [1.29, 1.82) is 0 Å². The lowest BCUT2D eigenvalue weighted by molar-refractivity contribution is 0.131. The normalized spacial score (nSPS) is 12.8. The van der Waals surface area contributed by atoms with Crippen LogP contribution in [0.15, 0.2) is 0 Å². The molecule has 0 aromatic rings. The van der Waals surface area contributed by atoms with Crippen LogP contribution in [0.5, 0.6) is 0 Å². The Morgan fingerprint density at radius 2 is 2.38 bits per heavy atom. The van der Waals surface area contributed by atoms with Gasteiger partial charge in [-0.15, -0.1) is 0 Å². The summed E-state index contributed by atoms with van der Waals surface area (Å²) in [5, 5.41) is 0. The van der Waals surface area contributed by atoms with Gasteiger partial charge in [0.25, 0.3) is 0 Å². The van der Waals surface area contributed by atoms with Gasteiger partial charge in [0.15, 0.2) is 0 Å². The van der Waals surface area contributed by atoms with Crippen molar-refractivity contribution in [3.05, 3.63) is 6.42 Å². The Labute approximate surface area is 48.8 Å². The lowest BCUT2D eigenvalue weighted by Gasteiger charge is -2.05. The maximum absolute atomic E-state index is 9.95. The molecule has 0 aliphatic carbocycles. The minimum atomic E-state index is -0.726. The second-order valence-corrected chi connectivity index (χ2v) is 1.48. The average molecular weight is 116 g/mol. The number of carbonyl (C=O) groups is 1. The van der Waals surface area contributed by atoms with E-state index in [4.69, 9.17) is 0 Å². The zero-order valence-corrected chi connectivity index (χ0v) is 5.05. The van der Waals surface area contributed by atoms with E-state index in [2.05, 4.69) is 10.5 Å². The summed E-state index contributed by atoms with van der Waals surface area (Å²) in [4.78, 5) is 9.95. The highest BCUT2D eigenvalue weighted by Gasteiger charge is 2.00. The van der Waals surface area contributed by atoms with E-state index in [-0.39, 0.29) is 6.10 Å². The molecule has 3 heteroatoms. The zero-order valence-electron chi connectivity index (χ0n) is 5.05. The van der Waals surface area contributed by atoms with Crippen molar-refractivity contribution in [2.45, 2.75) is 20.0 Å². The predicted molar refractivity (Wildman–Crippen MR) is 30.1 cm³/mol. The minimum Gasteiger partial charge on any atom is -0.446 e. The number of rotatable bonds is 2. The number of hydrogen-bond acceptors (Lipinski definition) is 2. The van der Waals surface area contributed by atoms with E-state index in [1.54, 1.807) is 20.3 Å². The molecule has 1 unspecified atom stereocenters. The Morgan fingerprint density at radius 3 is 2.50 bits per heavy atom. The molecule has 0 heterocycles. The first kappa shape index (κ1) is 7.27. The van der Waals surface area contributed by atoms with Crippen LogP contribution in [0.4, 0.5) is 4.79 Å². The third kappa shape index (κ3) is 3.46. The molecule has 0 aliphatic heterocycles. The van der Waals surface area contributed by atoms with E-state index in [9.17, 15) is 4.79 Å². The van der Waals surface area contributed by atoms with Crippen molar-refractivity contribution in [3.63, 3.8) is 0 Å². The third-order valence-electron chi connectivity index (χ3n) is 0.771. The Balaban J connectivity index is 3.24. The number of primary amides is 1. The van der Waals surface area contributed by atoms with Crippen LogP contribution < -0.4 is 5.73 Å². The van der Waals surface area contributed by atoms with Crippen LogP contribution in [-0.4, -0.2) is 12.2 Å². The van der Waals surface area contributed by atoms with Gasteiger partial charge in [-0.3, -0.25) is 0 Å². The molecule has 0 spiro atoms. The van der Waals surface area contributed by atoms with Gasteiger partial charge in [-0.05, 0) is 13.3 Å². The first-order valence-electron chi connectivity index (χ1n) is 2.42. The van der Waals surface area contributed by atoms with Gasteiger partial charge >= 0.3 is 6.09 Å². The van der Waals surface area contributed by atoms with Crippen molar-refractivity contribution in [2.75, 3.05) is 0 Å². The summed E-state index contributed by atoms with van der Waals surface area (Å²) in [5.41, 5.74) is 4.69. The van der Waals surface area contributed by atoms with Gasteiger partial charge in [0.05, 0.1) is 0 Å². The van der Waals surface area contributed by atoms with Crippen LogP contribution in [0.25, 0.3) is 0 Å². The fraction of sp³-hybridized carbons (Fsp3) is 0.600. The van der Waals surface area contributed by atoms with Gasteiger partial charge in [0.2, 0.25) is 0 Å². The molecule has 47 valence electrons. The van der Waals surface area contributed by atoms with Crippen LogP contribution in [0.2, 0.25) is 0 Å². The molecule has 1 radical (unpaired) electrons. The van der Waals surface area contributed by atoms with E-state index in [0.717, 1.165) is 0 Å². The van der Waals surface area contributed by atoms with Crippen LogP contribution in [0, 0.1) is 6.42 Å². The first-order valence-corrected chi connectivity index (χ1v) is 2.42. The van der Waals surface area contributed by atoms with Gasteiger partial charge in [-0.1, -0.05) is 6.92 Å². The lowest BCUT2D eigenvalue weighted by Crippen LogP contribution is -2.19. The molecule has 1 amide bonds. The van der Waals surface area contributed by atoms with E-state index in [0.29, 0.717) is 0 Å². The molecule has 2 N–H and O–H groups in total. The third-order valence-corrected chi connectivity index (χ3v) is 0.771. The molecule has 0 saturated heterocycles. The van der Waals surface area contributed by atoms with E-state index >= 15 is 0 Å². The summed E-state index contributed by atoms with van der Waals surface area (Å²) in [6.45, 7) is 3.54. The predicted octanol–water partition coefficient (Wildman–Crippen LogP) is 0.694. The Bertz CT molecular complexity index is 82.5. The van der Waals surface area contributed by atoms with Crippen LogP contribution >= 0.6 is 0 Å². The van der Waals surface area contributed by atoms with E-state index < -0.39 is 6.09 Å². The molecule has 0 aliphatic rings. The van der Waals surface area contributed by atoms with Gasteiger partial charge in [0, 0.05) is 0 Å². The first-order chi connectivity index (χ1) is 3.66. The average Bonchev–Trinajstić information content (AvgIpc) is 1.65. The summed E-state index contributed by atoms with van der Waals surface area (Å²) in [7, 11) is 0. The van der Waals surface area contributed by atoms with Crippen LogP contribution in [0.1, 0.15) is 13.8 Å². The molecule has 0 rings (SSSR count). The molecule has 8 heavy (non-hydrogen) atoms. The summed E-state index contributed by atoms with van der Waals surface area (Å²) in [5.74, 6) is 0. The minimum absolute atomic E-state index is 0.174. The number of amides is 1. The van der Waals surface area contributed by atoms with Crippen molar-refractivity contribution >= 4 is 6.09 Å². The summed E-state index contributed by atoms with van der Waals surface area (Å²) < 4.78 is 4.48. The maximum Gasteiger partial charge on any atom is 0.404 e. The molecular weight excluding hydrogens is 106 g/mol. The monoisotopic (exact) mass is 116 g/mol. The fourth-order valence-corrected chi connectivity index (χ4v) is 0.251. The van der Waals surface area contributed by atoms with Crippen LogP contribution in [0.3, 0.4) is 0 Å². The number of hydrogen-bond donors (Lipinski definition) is 1. The standard InChI is InChI=1S/C5H10NO2/c1-3-4(2)8-5(6)7/h3-4H,1-2H3,(H2,6,7). The molecule has 0 aromatic carbocycles. The lowest BCUT2D eigenvalue weighted by atomic mass is 10.3. The van der Waals surface area contributed by atoms with Crippen molar-refractivity contribution < 1.29 is 9.53 Å².